The van der Waals surface area contributed by atoms with Gasteiger partial charge in [-0.25, -0.2) is 15.0 Å². The molecule has 0 spiro atoms. The lowest BCUT2D eigenvalue weighted by Crippen LogP contribution is -2.27. The van der Waals surface area contributed by atoms with Crippen molar-refractivity contribution in [1.82, 2.24) is 19.9 Å². The summed E-state index contributed by atoms with van der Waals surface area (Å²) in [6, 6.07) is 2.22. The van der Waals surface area contributed by atoms with Crippen LogP contribution in [0.1, 0.15) is 12.2 Å². The summed E-state index contributed by atoms with van der Waals surface area (Å²) in [5.74, 6) is 1.87. The van der Waals surface area contributed by atoms with Gasteiger partial charge in [0.15, 0.2) is 5.65 Å². The number of aromatic amines is 1. The molecule has 20 heavy (non-hydrogen) atoms. The normalized spacial score (nSPS) is 19.3. The molecule has 1 aliphatic rings. The van der Waals surface area contributed by atoms with Crippen LogP contribution in [0.2, 0.25) is 0 Å². The molecule has 1 fully saturated rings. The minimum atomic E-state index is 0.228. The van der Waals surface area contributed by atoms with Crippen molar-refractivity contribution in [1.29, 1.82) is 0 Å². The first-order valence-electron chi connectivity index (χ1n) is 6.83. The highest BCUT2D eigenvalue weighted by Gasteiger charge is 2.23. The summed E-state index contributed by atoms with van der Waals surface area (Å²) in [5, 5.41) is 2.13. The molecule has 6 nitrogen and oxygen atoms in total. The van der Waals surface area contributed by atoms with Crippen molar-refractivity contribution >= 4 is 27.8 Å². The molecule has 3 N–H and O–H groups in total. The highest BCUT2D eigenvalue weighted by atomic mass is 15.2. The smallest absolute Gasteiger partial charge is 0.160 e. The first-order valence-corrected chi connectivity index (χ1v) is 6.83. The lowest BCUT2D eigenvalue weighted by atomic mass is 10.2. The maximum absolute atomic E-state index is 6.04. The van der Waals surface area contributed by atoms with E-state index in [1.807, 2.05) is 19.2 Å². The fourth-order valence-corrected chi connectivity index (χ4v) is 2.94. The fourth-order valence-electron chi connectivity index (χ4n) is 2.94. The van der Waals surface area contributed by atoms with Crippen LogP contribution in [0.5, 0.6) is 0 Å². The number of nitrogens with one attached hydrogen (secondary N) is 1. The molecule has 0 aliphatic carbocycles. The summed E-state index contributed by atoms with van der Waals surface area (Å²) in [5.41, 5.74) is 7.79. The highest BCUT2D eigenvalue weighted by molar-refractivity contribution is 6.09. The highest BCUT2D eigenvalue weighted by Crippen LogP contribution is 2.31. The Hall–Kier alpha value is -2.21. The standard InChI is InChI=1S/C14H16N6/c1-8-18-11-6-17-13-10(2-4-16-13)12(11)14(19-8)20-5-3-9(15)7-20/h2,4,6,9H,3,5,7,15H2,1H3,(H,18,19). The number of nitrogens with two attached hydrogens (primary N) is 1. The van der Waals surface area contributed by atoms with E-state index in [1.165, 1.54) is 0 Å². The van der Waals surface area contributed by atoms with Crippen LogP contribution >= 0.6 is 0 Å². The van der Waals surface area contributed by atoms with Crippen molar-refractivity contribution < 1.29 is 0 Å². The predicted octanol–water partition coefficient (Wildman–Crippen LogP) is 1.35. The van der Waals surface area contributed by atoms with Crippen molar-refractivity contribution in [3.05, 3.63) is 24.3 Å². The molecule has 3 aromatic heterocycles. The van der Waals surface area contributed by atoms with Crippen LogP contribution in [-0.4, -0.2) is 39.1 Å². The minimum absolute atomic E-state index is 0.228. The molecule has 0 aromatic carbocycles. The van der Waals surface area contributed by atoms with Gasteiger partial charge < -0.3 is 15.6 Å². The summed E-state index contributed by atoms with van der Waals surface area (Å²) in [4.78, 5) is 18.9. The lowest BCUT2D eigenvalue weighted by Gasteiger charge is -2.20. The van der Waals surface area contributed by atoms with Gasteiger partial charge in [-0.1, -0.05) is 0 Å². The molecular formula is C14H16N6. The zero-order valence-electron chi connectivity index (χ0n) is 11.3. The Balaban J connectivity index is 2.04. The van der Waals surface area contributed by atoms with Crippen molar-refractivity contribution in [2.45, 2.75) is 19.4 Å². The molecule has 0 bridgehead atoms. The third-order valence-electron chi connectivity index (χ3n) is 3.87. The molecule has 102 valence electrons. The van der Waals surface area contributed by atoms with Gasteiger partial charge in [0, 0.05) is 30.7 Å². The third-order valence-corrected chi connectivity index (χ3v) is 3.87. The van der Waals surface area contributed by atoms with Gasteiger partial charge in [-0.05, 0) is 19.4 Å². The largest absolute Gasteiger partial charge is 0.354 e. The Kier molecular flexibility index (Phi) is 2.40. The molecule has 0 saturated carbocycles. The Morgan fingerprint density at radius 2 is 2.30 bits per heavy atom. The molecule has 1 saturated heterocycles. The number of aryl methyl sites for hydroxylation is 1. The number of hydrogen-bond donors (Lipinski definition) is 2. The average Bonchev–Trinajstić information content (AvgIpc) is 3.05. The summed E-state index contributed by atoms with van der Waals surface area (Å²) in [6.45, 7) is 3.76. The van der Waals surface area contributed by atoms with E-state index >= 15 is 0 Å². The van der Waals surface area contributed by atoms with Crippen LogP contribution in [0.15, 0.2) is 18.5 Å². The number of nitrogens with zero attached hydrogens (tertiary/aromatic N) is 4. The summed E-state index contributed by atoms with van der Waals surface area (Å²) >= 11 is 0. The van der Waals surface area contributed by atoms with E-state index in [9.17, 15) is 0 Å². The SMILES string of the molecule is Cc1nc(N2CCC(N)C2)c2c(cnc3nccc32)[nH]1. The van der Waals surface area contributed by atoms with Gasteiger partial charge in [0.05, 0.1) is 17.1 Å². The van der Waals surface area contributed by atoms with Crippen LogP contribution in [-0.2, 0) is 0 Å². The second-order valence-corrected chi connectivity index (χ2v) is 5.37. The van der Waals surface area contributed by atoms with Crippen LogP contribution in [0.25, 0.3) is 21.9 Å². The zero-order chi connectivity index (χ0) is 13.7. The topological polar surface area (TPSA) is 83.7 Å². The molecular weight excluding hydrogens is 252 g/mol. The minimum Gasteiger partial charge on any atom is -0.354 e. The summed E-state index contributed by atoms with van der Waals surface area (Å²) in [7, 11) is 0. The molecule has 4 rings (SSSR count). The number of rotatable bonds is 1. The molecule has 0 amide bonds. The Morgan fingerprint density at radius 3 is 3.10 bits per heavy atom. The van der Waals surface area contributed by atoms with Gasteiger partial charge >= 0.3 is 0 Å². The maximum atomic E-state index is 6.04. The molecule has 1 atom stereocenters. The van der Waals surface area contributed by atoms with E-state index in [0.717, 1.165) is 53.1 Å². The quantitative estimate of drug-likeness (QED) is 0.696. The van der Waals surface area contributed by atoms with E-state index in [1.54, 1.807) is 6.20 Å². The second-order valence-electron chi connectivity index (χ2n) is 5.37. The Morgan fingerprint density at radius 1 is 1.40 bits per heavy atom. The summed E-state index contributed by atoms with van der Waals surface area (Å²) in [6.07, 6.45) is 4.63. The number of fused-ring (bicyclic) bond motifs is 3. The molecule has 1 unspecified atom stereocenters. The van der Waals surface area contributed by atoms with Gasteiger partial charge in [-0.15, -0.1) is 0 Å². The van der Waals surface area contributed by atoms with Gasteiger partial charge in [0.2, 0.25) is 0 Å². The van der Waals surface area contributed by atoms with E-state index < -0.39 is 0 Å². The van der Waals surface area contributed by atoms with Gasteiger partial charge in [-0.2, -0.15) is 0 Å². The van der Waals surface area contributed by atoms with Crippen LogP contribution < -0.4 is 10.6 Å². The Bertz CT molecular complexity index is 793. The van der Waals surface area contributed by atoms with Gasteiger partial charge in [0.25, 0.3) is 0 Å². The van der Waals surface area contributed by atoms with Crippen molar-refractivity contribution in [3.63, 3.8) is 0 Å². The number of H-pyrrole nitrogens is 1. The van der Waals surface area contributed by atoms with Crippen molar-refractivity contribution in [2.75, 3.05) is 18.0 Å². The predicted molar refractivity (Wildman–Crippen MR) is 78.7 cm³/mol. The number of hydrogen-bond acceptors (Lipinski definition) is 5. The van der Waals surface area contributed by atoms with Crippen LogP contribution in [0.4, 0.5) is 5.82 Å². The first-order chi connectivity index (χ1) is 9.72. The van der Waals surface area contributed by atoms with Crippen LogP contribution in [0.3, 0.4) is 0 Å². The van der Waals surface area contributed by atoms with E-state index in [4.69, 9.17) is 10.7 Å². The van der Waals surface area contributed by atoms with Crippen molar-refractivity contribution in [3.8, 4) is 0 Å². The monoisotopic (exact) mass is 268 g/mol. The molecule has 4 heterocycles. The van der Waals surface area contributed by atoms with E-state index in [-0.39, 0.29) is 6.04 Å². The average molecular weight is 268 g/mol. The first kappa shape index (κ1) is 11.6. The second kappa shape index (κ2) is 4.14. The Labute approximate surface area is 116 Å². The van der Waals surface area contributed by atoms with Crippen molar-refractivity contribution in [2.24, 2.45) is 5.73 Å². The fraction of sp³-hybridized carbons (Fsp3) is 0.357. The molecule has 3 aromatic rings. The van der Waals surface area contributed by atoms with Gasteiger partial charge in [0.1, 0.15) is 11.6 Å². The zero-order valence-corrected chi connectivity index (χ0v) is 11.3. The number of aromatic nitrogens is 4. The van der Waals surface area contributed by atoms with Crippen LogP contribution in [0, 0.1) is 6.92 Å². The number of anilines is 1. The molecule has 6 heteroatoms. The molecule has 0 radical (unpaired) electrons. The molecule has 1 aliphatic heterocycles. The maximum Gasteiger partial charge on any atom is 0.160 e. The van der Waals surface area contributed by atoms with E-state index in [2.05, 4.69) is 19.9 Å². The van der Waals surface area contributed by atoms with E-state index in [0.29, 0.717) is 0 Å². The third kappa shape index (κ3) is 1.65. The number of pyridine rings is 1. The lowest BCUT2D eigenvalue weighted by molar-refractivity contribution is 0.751. The van der Waals surface area contributed by atoms with Gasteiger partial charge in [-0.3, -0.25) is 0 Å². The summed E-state index contributed by atoms with van der Waals surface area (Å²) < 4.78 is 0.